The van der Waals surface area contributed by atoms with E-state index in [1.54, 1.807) is 17.5 Å². The number of anilines is 2. The third-order valence-corrected chi connectivity index (χ3v) is 4.59. The highest BCUT2D eigenvalue weighted by atomic mass is 79.9. The number of hydrogen-bond donors (Lipinski definition) is 1. The fourth-order valence-electron chi connectivity index (χ4n) is 1.84. The summed E-state index contributed by atoms with van der Waals surface area (Å²) in [4.78, 5) is 13.2. The first-order chi connectivity index (χ1) is 10.1. The lowest BCUT2D eigenvalue weighted by molar-refractivity contribution is 1.15. The number of halogens is 1. The van der Waals surface area contributed by atoms with Gasteiger partial charge in [-0.05, 0) is 37.6 Å². The summed E-state index contributed by atoms with van der Waals surface area (Å²) in [5.74, 6) is 0.564. The van der Waals surface area contributed by atoms with E-state index in [2.05, 4.69) is 43.1 Å². The van der Waals surface area contributed by atoms with Crippen LogP contribution in [0.2, 0.25) is 0 Å². The lowest BCUT2D eigenvalue weighted by Crippen LogP contribution is -1.98. The van der Waals surface area contributed by atoms with Gasteiger partial charge in [-0.2, -0.15) is 0 Å². The monoisotopic (exact) mass is 360 g/mol. The van der Waals surface area contributed by atoms with Crippen molar-refractivity contribution in [2.75, 3.05) is 5.32 Å². The molecule has 0 saturated carbocycles. The number of aromatic nitrogens is 3. The summed E-state index contributed by atoms with van der Waals surface area (Å²) < 4.78 is 1.05. The van der Waals surface area contributed by atoms with Crippen molar-refractivity contribution in [3.05, 3.63) is 50.9 Å². The molecule has 21 heavy (non-hydrogen) atoms. The van der Waals surface area contributed by atoms with Crippen molar-refractivity contribution in [2.45, 2.75) is 13.8 Å². The van der Waals surface area contributed by atoms with Gasteiger partial charge in [-0.25, -0.2) is 15.0 Å². The lowest BCUT2D eigenvalue weighted by atomic mass is 10.2. The fraction of sp³-hybridized carbons (Fsp3) is 0.133. The summed E-state index contributed by atoms with van der Waals surface area (Å²) in [5.41, 5.74) is 3.84. The molecule has 0 fully saturated rings. The van der Waals surface area contributed by atoms with Crippen LogP contribution in [0.5, 0.6) is 0 Å². The Kier molecular flexibility index (Phi) is 3.98. The first-order valence-electron chi connectivity index (χ1n) is 6.40. The van der Waals surface area contributed by atoms with Crippen LogP contribution in [-0.2, 0) is 0 Å². The zero-order chi connectivity index (χ0) is 14.8. The highest BCUT2D eigenvalue weighted by Gasteiger charge is 2.06. The van der Waals surface area contributed by atoms with Gasteiger partial charge in [0.05, 0.1) is 10.7 Å². The van der Waals surface area contributed by atoms with Crippen LogP contribution < -0.4 is 5.32 Å². The van der Waals surface area contributed by atoms with E-state index in [0.717, 1.165) is 26.6 Å². The molecule has 4 nitrogen and oxygen atoms in total. The van der Waals surface area contributed by atoms with Crippen LogP contribution in [0, 0.1) is 13.8 Å². The molecule has 6 heteroatoms. The Morgan fingerprint density at radius 2 is 1.95 bits per heavy atom. The predicted octanol–water partition coefficient (Wildman–Crippen LogP) is 4.72. The molecule has 0 aliphatic carbocycles. The number of nitrogens with zero attached hydrogens (tertiary/aromatic N) is 3. The molecule has 0 amide bonds. The van der Waals surface area contributed by atoms with E-state index in [-0.39, 0.29) is 0 Å². The van der Waals surface area contributed by atoms with Crippen LogP contribution in [0.4, 0.5) is 11.6 Å². The second kappa shape index (κ2) is 5.91. The average Bonchev–Trinajstić information content (AvgIpc) is 2.90. The standard InChI is InChI=1S/C15H13BrN4S/c1-9-3-4-11(7-12(9)16)19-15-17-6-5-13(20-15)14-8-21-10(2)18-14/h3-8H,1-2H3,(H,17,19,20). The van der Waals surface area contributed by atoms with E-state index in [0.29, 0.717) is 5.95 Å². The summed E-state index contributed by atoms with van der Waals surface area (Å²) in [6, 6.07) is 7.92. The van der Waals surface area contributed by atoms with E-state index < -0.39 is 0 Å². The van der Waals surface area contributed by atoms with E-state index in [1.165, 1.54) is 5.56 Å². The molecular weight excluding hydrogens is 348 g/mol. The largest absolute Gasteiger partial charge is 0.324 e. The second-order valence-corrected chi connectivity index (χ2v) is 6.52. The molecule has 0 aliphatic heterocycles. The maximum atomic E-state index is 4.51. The molecule has 1 N–H and O–H groups in total. The van der Waals surface area contributed by atoms with Gasteiger partial charge in [0.15, 0.2) is 0 Å². The first kappa shape index (κ1) is 14.2. The van der Waals surface area contributed by atoms with Crippen molar-refractivity contribution < 1.29 is 0 Å². The Morgan fingerprint density at radius 3 is 2.67 bits per heavy atom. The maximum absolute atomic E-state index is 4.51. The number of aryl methyl sites for hydroxylation is 2. The SMILES string of the molecule is Cc1nc(-c2ccnc(Nc3ccc(C)c(Br)c3)n2)cs1. The number of hydrogen-bond acceptors (Lipinski definition) is 5. The van der Waals surface area contributed by atoms with Crippen LogP contribution in [0.1, 0.15) is 10.6 Å². The lowest BCUT2D eigenvalue weighted by Gasteiger charge is -2.07. The molecule has 0 bridgehead atoms. The summed E-state index contributed by atoms with van der Waals surface area (Å²) >= 11 is 5.14. The molecule has 0 spiro atoms. The van der Waals surface area contributed by atoms with Gasteiger partial charge in [0, 0.05) is 21.7 Å². The average molecular weight is 361 g/mol. The van der Waals surface area contributed by atoms with E-state index in [1.807, 2.05) is 36.6 Å². The van der Waals surface area contributed by atoms with Crippen molar-refractivity contribution in [1.82, 2.24) is 15.0 Å². The van der Waals surface area contributed by atoms with E-state index >= 15 is 0 Å². The number of benzene rings is 1. The topological polar surface area (TPSA) is 50.7 Å². The van der Waals surface area contributed by atoms with Crippen LogP contribution in [0.3, 0.4) is 0 Å². The number of nitrogens with one attached hydrogen (secondary N) is 1. The molecule has 0 aliphatic rings. The Balaban J connectivity index is 1.87. The van der Waals surface area contributed by atoms with Crippen molar-refractivity contribution >= 4 is 38.9 Å². The van der Waals surface area contributed by atoms with Gasteiger partial charge in [0.1, 0.15) is 5.69 Å². The fourth-order valence-corrected chi connectivity index (χ4v) is 2.83. The third-order valence-electron chi connectivity index (χ3n) is 2.96. The highest BCUT2D eigenvalue weighted by Crippen LogP contribution is 2.24. The summed E-state index contributed by atoms with van der Waals surface area (Å²) in [5, 5.41) is 6.24. The molecule has 2 heterocycles. The van der Waals surface area contributed by atoms with Gasteiger partial charge in [-0.15, -0.1) is 11.3 Å². The molecule has 0 saturated heterocycles. The zero-order valence-electron chi connectivity index (χ0n) is 11.6. The van der Waals surface area contributed by atoms with Gasteiger partial charge < -0.3 is 5.32 Å². The second-order valence-electron chi connectivity index (χ2n) is 4.61. The maximum Gasteiger partial charge on any atom is 0.227 e. The summed E-state index contributed by atoms with van der Waals surface area (Å²) in [7, 11) is 0. The summed E-state index contributed by atoms with van der Waals surface area (Å²) in [6.07, 6.45) is 1.74. The van der Waals surface area contributed by atoms with Crippen LogP contribution in [0.25, 0.3) is 11.4 Å². The molecule has 2 aromatic heterocycles. The predicted molar refractivity (Wildman–Crippen MR) is 90.0 cm³/mol. The molecule has 106 valence electrons. The van der Waals surface area contributed by atoms with Crippen molar-refractivity contribution in [2.24, 2.45) is 0 Å². The Bertz CT molecular complexity index is 785. The highest BCUT2D eigenvalue weighted by molar-refractivity contribution is 9.10. The van der Waals surface area contributed by atoms with Crippen molar-refractivity contribution in [1.29, 1.82) is 0 Å². The minimum atomic E-state index is 0.564. The Hall–Kier alpha value is -1.79. The molecule has 0 atom stereocenters. The third kappa shape index (κ3) is 3.28. The van der Waals surface area contributed by atoms with E-state index in [9.17, 15) is 0 Å². The van der Waals surface area contributed by atoms with Crippen molar-refractivity contribution in [3.8, 4) is 11.4 Å². The van der Waals surface area contributed by atoms with Gasteiger partial charge >= 0.3 is 0 Å². The van der Waals surface area contributed by atoms with Gasteiger partial charge in [-0.1, -0.05) is 22.0 Å². The number of rotatable bonds is 3. The zero-order valence-corrected chi connectivity index (χ0v) is 14.0. The van der Waals surface area contributed by atoms with Gasteiger partial charge in [0.25, 0.3) is 0 Å². The quantitative estimate of drug-likeness (QED) is 0.733. The number of thiazole rings is 1. The molecule has 1 aromatic carbocycles. The van der Waals surface area contributed by atoms with Crippen LogP contribution >= 0.6 is 27.3 Å². The first-order valence-corrected chi connectivity index (χ1v) is 8.08. The van der Waals surface area contributed by atoms with E-state index in [4.69, 9.17) is 0 Å². The molecule has 3 rings (SSSR count). The molecular formula is C15H13BrN4S. The van der Waals surface area contributed by atoms with Gasteiger partial charge in [0.2, 0.25) is 5.95 Å². The minimum absolute atomic E-state index is 0.564. The Morgan fingerprint density at radius 1 is 1.10 bits per heavy atom. The smallest absolute Gasteiger partial charge is 0.227 e. The van der Waals surface area contributed by atoms with Crippen LogP contribution in [-0.4, -0.2) is 15.0 Å². The van der Waals surface area contributed by atoms with Crippen LogP contribution in [0.15, 0.2) is 40.3 Å². The Labute approximate surface area is 135 Å². The normalized spacial score (nSPS) is 10.6. The molecule has 3 aromatic rings. The molecule has 0 radical (unpaired) electrons. The molecule has 0 unspecified atom stereocenters. The summed E-state index contributed by atoms with van der Waals surface area (Å²) in [6.45, 7) is 4.04. The van der Waals surface area contributed by atoms with Crippen molar-refractivity contribution in [3.63, 3.8) is 0 Å². The van der Waals surface area contributed by atoms with Gasteiger partial charge in [-0.3, -0.25) is 0 Å². The minimum Gasteiger partial charge on any atom is -0.324 e.